The number of rotatable bonds is 69. The summed E-state index contributed by atoms with van der Waals surface area (Å²) >= 11 is 0. The van der Waals surface area contributed by atoms with Crippen molar-refractivity contribution in [3.05, 3.63) is 109 Å². The van der Waals surface area contributed by atoms with Gasteiger partial charge in [0.2, 0.25) is 0 Å². The second kappa shape index (κ2) is 69.2. The number of carbonyl (C=O) groups is 4. The first kappa shape index (κ1) is 91.7. The fourth-order valence-corrected chi connectivity index (χ4v) is 11.2. The largest absolute Gasteiger partial charge is 0.472 e. The van der Waals surface area contributed by atoms with E-state index < -0.39 is 97.5 Å². The van der Waals surface area contributed by atoms with Crippen LogP contribution < -0.4 is 0 Å². The molecule has 0 heterocycles. The molecule has 0 bridgehead atoms. The van der Waals surface area contributed by atoms with Crippen molar-refractivity contribution in [2.45, 2.75) is 316 Å². The van der Waals surface area contributed by atoms with E-state index in [1.165, 1.54) is 51.4 Å². The van der Waals surface area contributed by atoms with Gasteiger partial charge in [0.05, 0.1) is 26.4 Å². The Kier molecular flexibility index (Phi) is 66.1. The fourth-order valence-electron chi connectivity index (χ4n) is 9.59. The SMILES string of the molecule is CC/C=C\C/C=C\C/C=C\C/C=C\C/C=C\CCCCCC(=O)OCC(COP(=O)(O)OCC(O)COP(=O)(O)OCC(COC(=O)CCCCCCC/C=C\C/C=C\C/C=C\CC)OC(=O)CCCCCCCCCCCCC)OC(=O)CCCCCCC/C=C\CCCC. The predicted molar refractivity (Wildman–Crippen MR) is 390 cm³/mol. The Bertz CT molecular complexity index is 2250. The third-order valence-electron chi connectivity index (χ3n) is 15.2. The maximum absolute atomic E-state index is 13.0. The van der Waals surface area contributed by atoms with Crippen molar-refractivity contribution in [2.75, 3.05) is 39.6 Å². The molecule has 19 heteroatoms. The lowest BCUT2D eigenvalue weighted by molar-refractivity contribution is -0.161. The average molecular weight is 1390 g/mol. The topological polar surface area (TPSA) is 237 Å². The standard InChI is InChI=1S/C77H132O17P2/c1-5-9-13-17-21-25-29-31-33-34-35-36-38-40-44-46-50-54-58-62-75(80)88-68-73(94-77(82)64-60-56-52-48-42-28-24-20-16-12-8-4)70-92-96(85,86)90-66-71(78)65-89-95(83,84)91-69-72(93-76(81)63-59-55-51-47-41-27-23-19-15-11-7-3)67-87-74(79)61-57-53-49-45-43-39-37-32-30-26-22-18-14-10-6-2/h9-10,13-14,20-22,24-26,31-33,35-37,40,44,71-73,78H,5-8,11-12,15-19,23,27-30,34,38-39,41-43,45-70H2,1-4H3,(H,83,84)(H,85,86)/b13-9-,14-10-,24-20-,25-21-,26-22-,33-31-,36-35-,37-32-,44-40-. The van der Waals surface area contributed by atoms with Crippen molar-refractivity contribution in [1.29, 1.82) is 0 Å². The molecule has 552 valence electrons. The highest BCUT2D eigenvalue weighted by Crippen LogP contribution is 2.45. The Hall–Kier alpha value is -4.28. The number of phosphoric ester groups is 2. The van der Waals surface area contributed by atoms with Crippen LogP contribution in [0.5, 0.6) is 0 Å². The lowest BCUT2D eigenvalue weighted by Gasteiger charge is -2.21. The van der Waals surface area contributed by atoms with E-state index in [2.05, 4.69) is 137 Å². The van der Waals surface area contributed by atoms with Crippen LogP contribution in [-0.2, 0) is 65.4 Å². The molecule has 0 aliphatic heterocycles. The van der Waals surface area contributed by atoms with Crippen LogP contribution >= 0.6 is 15.6 Å². The number of aliphatic hydroxyl groups excluding tert-OH is 1. The lowest BCUT2D eigenvalue weighted by atomic mass is 10.1. The molecule has 0 aliphatic carbocycles. The Morgan fingerprint density at radius 2 is 0.552 bits per heavy atom. The maximum Gasteiger partial charge on any atom is 0.472 e. The van der Waals surface area contributed by atoms with Gasteiger partial charge in [-0.15, -0.1) is 0 Å². The van der Waals surface area contributed by atoms with E-state index >= 15 is 0 Å². The molecule has 96 heavy (non-hydrogen) atoms. The molecule has 0 aromatic carbocycles. The zero-order valence-electron chi connectivity index (χ0n) is 60.0. The van der Waals surface area contributed by atoms with Crippen molar-refractivity contribution in [3.8, 4) is 0 Å². The van der Waals surface area contributed by atoms with E-state index in [0.717, 1.165) is 167 Å². The number of esters is 4. The van der Waals surface area contributed by atoms with Crippen molar-refractivity contribution >= 4 is 39.5 Å². The van der Waals surface area contributed by atoms with Crippen LogP contribution in [0.1, 0.15) is 297 Å². The van der Waals surface area contributed by atoms with Crippen molar-refractivity contribution in [1.82, 2.24) is 0 Å². The summed E-state index contributed by atoms with van der Waals surface area (Å²) < 4.78 is 68.3. The van der Waals surface area contributed by atoms with E-state index in [1.54, 1.807) is 0 Å². The van der Waals surface area contributed by atoms with Crippen molar-refractivity contribution < 1.29 is 80.2 Å². The van der Waals surface area contributed by atoms with Gasteiger partial charge in [0, 0.05) is 25.7 Å². The molecule has 3 N–H and O–H groups in total. The highest BCUT2D eigenvalue weighted by molar-refractivity contribution is 7.47. The number of ether oxygens (including phenoxy) is 4. The van der Waals surface area contributed by atoms with Gasteiger partial charge in [-0.2, -0.15) is 0 Å². The molecule has 0 spiro atoms. The van der Waals surface area contributed by atoms with Gasteiger partial charge in [0.1, 0.15) is 19.3 Å². The minimum atomic E-state index is -4.98. The fraction of sp³-hybridized carbons (Fsp3) is 0.714. The van der Waals surface area contributed by atoms with Gasteiger partial charge in [0.25, 0.3) is 0 Å². The van der Waals surface area contributed by atoms with E-state index in [1.807, 2.05) is 0 Å². The first-order valence-corrected chi connectivity index (χ1v) is 40.1. The summed E-state index contributed by atoms with van der Waals surface area (Å²) in [7, 11) is -9.95. The predicted octanol–water partition coefficient (Wildman–Crippen LogP) is 21.0. The molecule has 0 amide bonds. The summed E-state index contributed by atoms with van der Waals surface area (Å²) in [5.74, 6) is -2.23. The lowest BCUT2D eigenvalue weighted by Crippen LogP contribution is -2.30. The van der Waals surface area contributed by atoms with Gasteiger partial charge in [-0.3, -0.25) is 37.3 Å². The summed E-state index contributed by atoms with van der Waals surface area (Å²) in [6, 6.07) is 0. The van der Waals surface area contributed by atoms with Gasteiger partial charge < -0.3 is 33.8 Å². The van der Waals surface area contributed by atoms with Crippen molar-refractivity contribution in [3.63, 3.8) is 0 Å². The van der Waals surface area contributed by atoms with E-state index in [9.17, 15) is 43.2 Å². The summed E-state index contributed by atoms with van der Waals surface area (Å²) in [6.45, 7) is 4.53. The smallest absolute Gasteiger partial charge is 0.462 e. The van der Waals surface area contributed by atoms with Crippen LogP contribution in [0.4, 0.5) is 0 Å². The molecule has 0 fully saturated rings. The second-order valence-electron chi connectivity index (χ2n) is 24.5. The molecule has 0 aromatic heterocycles. The van der Waals surface area contributed by atoms with Crippen molar-refractivity contribution in [2.24, 2.45) is 0 Å². The maximum atomic E-state index is 13.0. The molecule has 5 unspecified atom stereocenters. The summed E-state index contributed by atoms with van der Waals surface area (Å²) in [6.07, 6.45) is 72.4. The third kappa shape index (κ3) is 68.3. The van der Waals surface area contributed by atoms with Gasteiger partial charge >= 0.3 is 39.5 Å². The Balaban J connectivity index is 5.32. The Labute approximate surface area is 581 Å². The Morgan fingerprint density at radius 3 is 0.885 bits per heavy atom. The molecule has 5 atom stereocenters. The number of unbranched alkanes of at least 4 members (excludes halogenated alkanes) is 25. The summed E-state index contributed by atoms with van der Waals surface area (Å²) in [4.78, 5) is 72.7. The van der Waals surface area contributed by atoms with Crippen LogP contribution in [0.25, 0.3) is 0 Å². The molecule has 0 saturated carbocycles. The van der Waals surface area contributed by atoms with Crippen LogP contribution in [0.2, 0.25) is 0 Å². The molecule has 0 aliphatic rings. The number of hydrogen-bond acceptors (Lipinski definition) is 15. The first-order chi connectivity index (χ1) is 46.7. The minimum Gasteiger partial charge on any atom is -0.462 e. The number of phosphoric acid groups is 2. The normalized spacial score (nSPS) is 14.6. The van der Waals surface area contributed by atoms with Gasteiger partial charge in [-0.1, -0.05) is 259 Å². The minimum absolute atomic E-state index is 0.0756. The van der Waals surface area contributed by atoms with Gasteiger partial charge in [-0.05, 0) is 122 Å². The Morgan fingerprint density at radius 1 is 0.302 bits per heavy atom. The van der Waals surface area contributed by atoms with Gasteiger partial charge in [-0.25, -0.2) is 9.13 Å². The molecular formula is C77H132O17P2. The molecule has 17 nitrogen and oxygen atoms in total. The molecule has 0 aromatic rings. The van der Waals surface area contributed by atoms with Crippen LogP contribution in [0.15, 0.2) is 109 Å². The van der Waals surface area contributed by atoms with Crippen LogP contribution in [-0.4, -0.2) is 96.7 Å². The highest BCUT2D eigenvalue weighted by atomic mass is 31.2. The quantitative estimate of drug-likeness (QED) is 0.0169. The van der Waals surface area contributed by atoms with Gasteiger partial charge in [0.15, 0.2) is 12.2 Å². The first-order valence-electron chi connectivity index (χ1n) is 37.1. The zero-order valence-corrected chi connectivity index (χ0v) is 61.8. The number of allylic oxidation sites excluding steroid dienone is 18. The zero-order chi connectivity index (χ0) is 70.4. The van der Waals surface area contributed by atoms with E-state index in [-0.39, 0.29) is 25.7 Å². The average Bonchev–Trinajstić information content (AvgIpc) is 1.15. The number of aliphatic hydroxyl groups is 1. The summed E-state index contributed by atoms with van der Waals surface area (Å²) in [5.41, 5.74) is 0. The molecule has 0 radical (unpaired) electrons. The second-order valence-corrected chi connectivity index (χ2v) is 27.4. The molecule has 0 rings (SSSR count). The number of hydrogen-bond donors (Lipinski definition) is 3. The monoisotopic (exact) mass is 1390 g/mol. The molecule has 0 saturated heterocycles. The summed E-state index contributed by atoms with van der Waals surface area (Å²) in [5, 5.41) is 10.6. The van der Waals surface area contributed by atoms with E-state index in [0.29, 0.717) is 25.7 Å². The van der Waals surface area contributed by atoms with Crippen LogP contribution in [0.3, 0.4) is 0 Å². The number of carbonyl (C=O) groups excluding carboxylic acids is 4. The third-order valence-corrected chi connectivity index (χ3v) is 17.1. The van der Waals surface area contributed by atoms with Crippen LogP contribution in [0, 0.1) is 0 Å². The van der Waals surface area contributed by atoms with E-state index in [4.69, 9.17) is 37.0 Å². The molecular weight excluding hydrogens is 1260 g/mol. The highest BCUT2D eigenvalue weighted by Gasteiger charge is 2.30.